The zero-order valence-electron chi connectivity index (χ0n) is 26.2. The van der Waals surface area contributed by atoms with Crippen LogP contribution in [0.1, 0.15) is 82.9 Å². The van der Waals surface area contributed by atoms with Gasteiger partial charge in [-0.1, -0.05) is 186 Å². The van der Waals surface area contributed by atoms with Gasteiger partial charge in [0.05, 0.1) is 0 Å². The molecule has 0 spiro atoms. The summed E-state index contributed by atoms with van der Waals surface area (Å²) < 4.78 is 0. The first-order chi connectivity index (χ1) is 19.4. The quantitative estimate of drug-likeness (QED) is 0.180. The first-order valence-corrected chi connectivity index (χ1v) is 15.1. The SMILES string of the molecule is CCCCC.CCCCC.Cc1ccc(C)cc1.Cc1ccccc1.Nc1cc2ccccc2c2ccccc12. The summed E-state index contributed by atoms with van der Waals surface area (Å²) in [7, 11) is 0. The van der Waals surface area contributed by atoms with Gasteiger partial charge in [0, 0.05) is 11.1 Å². The zero-order valence-corrected chi connectivity index (χ0v) is 26.2. The van der Waals surface area contributed by atoms with Crippen LogP contribution in [0.25, 0.3) is 21.5 Å². The number of nitrogen functional groups attached to an aromatic ring is 1. The van der Waals surface area contributed by atoms with Crippen LogP contribution in [0.2, 0.25) is 0 Å². The molecule has 0 saturated carbocycles. The van der Waals surface area contributed by atoms with E-state index in [0.29, 0.717) is 0 Å². The van der Waals surface area contributed by atoms with E-state index in [0.717, 1.165) is 11.1 Å². The summed E-state index contributed by atoms with van der Waals surface area (Å²) in [5.41, 5.74) is 10.9. The lowest BCUT2D eigenvalue weighted by Gasteiger charge is -2.06. The van der Waals surface area contributed by atoms with E-state index in [2.05, 4.69) is 115 Å². The Bertz CT molecular complexity index is 1270. The Morgan fingerprint density at radius 3 is 1.20 bits per heavy atom. The van der Waals surface area contributed by atoms with Crippen molar-refractivity contribution in [2.24, 2.45) is 0 Å². The summed E-state index contributed by atoms with van der Waals surface area (Å²) in [6.45, 7) is 15.1. The van der Waals surface area contributed by atoms with Gasteiger partial charge in [0.25, 0.3) is 0 Å². The van der Waals surface area contributed by atoms with Crippen LogP contribution in [0, 0.1) is 20.8 Å². The maximum Gasteiger partial charge on any atom is 0.0400 e. The fourth-order valence-electron chi connectivity index (χ4n) is 3.96. The van der Waals surface area contributed by atoms with Crippen LogP contribution in [0.15, 0.2) is 109 Å². The minimum atomic E-state index is 0.851. The van der Waals surface area contributed by atoms with Crippen molar-refractivity contribution in [2.75, 3.05) is 5.73 Å². The predicted octanol–water partition coefficient (Wildman–Crippen LogP) is 12.3. The van der Waals surface area contributed by atoms with Crippen LogP contribution in [-0.2, 0) is 0 Å². The average Bonchev–Trinajstić information content (AvgIpc) is 2.98. The molecule has 0 aliphatic rings. The van der Waals surface area contributed by atoms with E-state index < -0.39 is 0 Å². The van der Waals surface area contributed by atoms with E-state index in [9.17, 15) is 0 Å². The lowest BCUT2D eigenvalue weighted by atomic mass is 10.0. The van der Waals surface area contributed by atoms with Crippen molar-refractivity contribution < 1.29 is 0 Å². The summed E-state index contributed by atoms with van der Waals surface area (Å²) >= 11 is 0. The molecule has 0 bridgehead atoms. The van der Waals surface area contributed by atoms with Gasteiger partial charge in [0.2, 0.25) is 0 Å². The van der Waals surface area contributed by atoms with Crippen molar-refractivity contribution in [3.05, 3.63) is 126 Å². The second-order valence-electron chi connectivity index (χ2n) is 10.2. The van der Waals surface area contributed by atoms with Gasteiger partial charge in [-0.25, -0.2) is 0 Å². The van der Waals surface area contributed by atoms with E-state index in [1.165, 1.54) is 71.4 Å². The van der Waals surface area contributed by atoms with E-state index in [1.54, 1.807) is 0 Å². The third kappa shape index (κ3) is 14.0. The van der Waals surface area contributed by atoms with Crippen LogP contribution < -0.4 is 5.73 Å². The van der Waals surface area contributed by atoms with Crippen molar-refractivity contribution >= 4 is 27.2 Å². The molecule has 5 rings (SSSR count). The van der Waals surface area contributed by atoms with Gasteiger partial charge in [0.15, 0.2) is 0 Å². The third-order valence-corrected chi connectivity index (χ3v) is 6.37. The molecule has 0 aliphatic carbocycles. The number of aryl methyl sites for hydroxylation is 3. The van der Waals surface area contributed by atoms with Crippen LogP contribution in [0.4, 0.5) is 5.69 Å². The molecule has 0 unspecified atom stereocenters. The van der Waals surface area contributed by atoms with Crippen LogP contribution in [0.3, 0.4) is 0 Å². The summed E-state index contributed by atoms with van der Waals surface area (Å²) in [4.78, 5) is 0. The summed E-state index contributed by atoms with van der Waals surface area (Å²) in [6, 6.07) is 37.4. The van der Waals surface area contributed by atoms with E-state index in [1.807, 2.05) is 42.5 Å². The highest BCUT2D eigenvalue weighted by Crippen LogP contribution is 2.29. The molecule has 5 aromatic carbocycles. The second kappa shape index (κ2) is 21.3. The Hall–Kier alpha value is -3.58. The van der Waals surface area contributed by atoms with Crippen LogP contribution in [-0.4, -0.2) is 0 Å². The highest BCUT2D eigenvalue weighted by Gasteiger charge is 2.02. The van der Waals surface area contributed by atoms with Crippen LogP contribution >= 0.6 is 0 Å². The number of rotatable bonds is 4. The number of benzene rings is 5. The van der Waals surface area contributed by atoms with Gasteiger partial charge in [0.1, 0.15) is 0 Å². The van der Waals surface area contributed by atoms with Crippen molar-refractivity contribution in [1.82, 2.24) is 0 Å². The number of unbranched alkanes of at least 4 members (excludes halogenated alkanes) is 4. The Balaban J connectivity index is 0.000000274. The molecule has 5 aromatic rings. The molecule has 0 saturated heterocycles. The second-order valence-corrected chi connectivity index (χ2v) is 10.2. The molecule has 214 valence electrons. The topological polar surface area (TPSA) is 26.0 Å². The smallest absolute Gasteiger partial charge is 0.0400 e. The molecule has 1 heteroatoms. The fraction of sp³-hybridized carbons (Fsp3) is 0.333. The summed E-state index contributed by atoms with van der Waals surface area (Å²) in [5.74, 6) is 0. The first kappa shape index (κ1) is 34.4. The van der Waals surface area contributed by atoms with Gasteiger partial charge >= 0.3 is 0 Å². The normalized spacial score (nSPS) is 9.57. The molecule has 0 heterocycles. The van der Waals surface area contributed by atoms with E-state index in [4.69, 9.17) is 5.73 Å². The largest absolute Gasteiger partial charge is 0.398 e. The molecule has 0 radical (unpaired) electrons. The maximum absolute atomic E-state index is 6.02. The summed E-state index contributed by atoms with van der Waals surface area (Å²) in [5, 5.41) is 4.83. The van der Waals surface area contributed by atoms with E-state index in [-0.39, 0.29) is 0 Å². The zero-order chi connectivity index (χ0) is 29.6. The molecule has 1 nitrogen and oxygen atoms in total. The molecular weight excluding hydrogens is 482 g/mol. The molecule has 0 aromatic heterocycles. The Morgan fingerprint density at radius 2 is 0.800 bits per heavy atom. The average molecular weight is 536 g/mol. The molecule has 0 aliphatic heterocycles. The van der Waals surface area contributed by atoms with Crippen molar-refractivity contribution in [3.8, 4) is 0 Å². The van der Waals surface area contributed by atoms with Crippen molar-refractivity contribution in [2.45, 2.75) is 87.0 Å². The van der Waals surface area contributed by atoms with Crippen molar-refractivity contribution in [3.63, 3.8) is 0 Å². The standard InChI is InChI=1S/C14H11N.C8H10.C7H8.2C5H12/c15-14-9-10-5-1-2-6-11(10)12-7-3-4-8-13(12)14;1-7-3-5-8(2)6-4-7;1-7-5-3-2-4-6-7;2*1-3-5-4-2/h1-9H,15H2;3-6H,1-2H3;2-6H,1H3;2*3-5H2,1-2H3. The number of anilines is 1. The number of nitrogens with two attached hydrogens (primary N) is 1. The molecule has 40 heavy (non-hydrogen) atoms. The minimum absolute atomic E-state index is 0.851. The van der Waals surface area contributed by atoms with Gasteiger partial charge in [-0.15, -0.1) is 0 Å². The maximum atomic E-state index is 6.02. The molecule has 2 N–H and O–H groups in total. The highest BCUT2D eigenvalue weighted by molar-refractivity contribution is 6.12. The van der Waals surface area contributed by atoms with Gasteiger partial charge in [-0.3, -0.25) is 0 Å². The fourth-order valence-corrected chi connectivity index (χ4v) is 3.96. The van der Waals surface area contributed by atoms with Crippen LogP contribution in [0.5, 0.6) is 0 Å². The number of hydrogen-bond donors (Lipinski definition) is 1. The molecule has 0 atom stereocenters. The Morgan fingerprint density at radius 1 is 0.425 bits per heavy atom. The monoisotopic (exact) mass is 535 g/mol. The first-order valence-electron chi connectivity index (χ1n) is 15.1. The van der Waals surface area contributed by atoms with Gasteiger partial charge < -0.3 is 5.73 Å². The Labute approximate surface area is 245 Å². The highest BCUT2D eigenvalue weighted by atomic mass is 14.5. The Kier molecular flexibility index (Phi) is 18.3. The number of fused-ring (bicyclic) bond motifs is 3. The summed E-state index contributed by atoms with van der Waals surface area (Å²) in [6.07, 6.45) is 8.15. The van der Waals surface area contributed by atoms with Gasteiger partial charge in [-0.05, 0) is 43.0 Å². The molecular formula is C39H53N. The minimum Gasteiger partial charge on any atom is -0.398 e. The lowest BCUT2D eigenvalue weighted by Crippen LogP contribution is -1.87. The molecule has 0 amide bonds. The lowest BCUT2D eigenvalue weighted by molar-refractivity contribution is 0.772. The van der Waals surface area contributed by atoms with E-state index >= 15 is 0 Å². The van der Waals surface area contributed by atoms with Crippen molar-refractivity contribution in [1.29, 1.82) is 0 Å². The van der Waals surface area contributed by atoms with Gasteiger partial charge in [-0.2, -0.15) is 0 Å². The third-order valence-electron chi connectivity index (χ3n) is 6.37. The number of hydrogen-bond acceptors (Lipinski definition) is 1. The molecule has 0 fully saturated rings. The predicted molar refractivity (Wildman–Crippen MR) is 183 cm³/mol.